The second kappa shape index (κ2) is 2.40. The van der Waals surface area contributed by atoms with E-state index in [1.54, 1.807) is 0 Å². The van der Waals surface area contributed by atoms with E-state index in [9.17, 15) is 4.70 Å². The molecule has 0 aromatic carbocycles. The lowest BCUT2D eigenvalue weighted by atomic mass is 9.86. The van der Waals surface area contributed by atoms with Crippen molar-refractivity contribution in [1.82, 2.24) is 0 Å². The van der Waals surface area contributed by atoms with Crippen LogP contribution in [0.15, 0.2) is 0 Å². The van der Waals surface area contributed by atoms with Crippen LogP contribution in [0.25, 0.3) is 0 Å². The molecule has 0 N–H and O–H groups in total. The maximum absolute atomic E-state index is 10.1. The lowest BCUT2D eigenvalue weighted by Crippen LogP contribution is -1.91. The molecule has 0 aromatic heterocycles. The highest BCUT2D eigenvalue weighted by Gasteiger charge is 1.85. The smallest absolute Gasteiger partial charge is 0.140 e. The third-order valence-corrected chi connectivity index (χ3v) is 1.17. The van der Waals surface area contributed by atoms with Crippen LogP contribution in [0.4, 0.5) is 0 Å². The minimum absolute atomic E-state index is 0.160. The summed E-state index contributed by atoms with van der Waals surface area (Å²) in [4.78, 5) is 0. The molecule has 1 nitrogen and oxygen atoms in total. The van der Waals surface area contributed by atoms with E-state index in [0.717, 1.165) is 0 Å². The lowest BCUT2D eigenvalue weighted by molar-refractivity contribution is 0.566. The number of thiol groups is 1. The minimum atomic E-state index is -0.704. The van der Waals surface area contributed by atoms with Crippen LogP contribution >= 0.6 is 12.5 Å². The normalized spacial score (nSPS) is 9.33. The molecule has 0 atom stereocenters. The van der Waals surface area contributed by atoms with Crippen LogP contribution in [0.5, 0.6) is 0 Å². The molecule has 0 fully saturated rings. The van der Waals surface area contributed by atoms with Crippen molar-refractivity contribution in [2.45, 2.75) is 19.7 Å². The zero-order valence-corrected chi connectivity index (χ0v) is 4.90. The first kappa shape index (κ1) is 6.21. The molecule has 0 saturated heterocycles. The maximum atomic E-state index is 10.1. The Balaban J connectivity index is 3.26. The van der Waals surface area contributed by atoms with Crippen LogP contribution in [0.1, 0.15) is 13.8 Å². The molecule has 0 spiro atoms. The van der Waals surface area contributed by atoms with Gasteiger partial charge in [0.25, 0.3) is 0 Å². The summed E-state index contributed by atoms with van der Waals surface area (Å²) in [6.45, 7) is 3.70. The first-order chi connectivity index (χ1) is 2.64. The fourth-order valence-corrected chi connectivity index (χ4v) is 0. The highest BCUT2D eigenvalue weighted by Crippen LogP contribution is 2.00. The Morgan fingerprint density at radius 3 is 1.83 bits per heavy atom. The van der Waals surface area contributed by atoms with E-state index in [4.69, 9.17) is 0 Å². The molecule has 0 rings (SSSR count). The van der Waals surface area contributed by atoms with E-state index < -0.39 is 5.86 Å². The largest absolute Gasteiger partial charge is 0.622 e. The van der Waals surface area contributed by atoms with Gasteiger partial charge in [0, 0.05) is 0 Å². The molecule has 0 aliphatic heterocycles. The van der Waals surface area contributed by atoms with E-state index in [1.165, 1.54) is 0 Å². The van der Waals surface area contributed by atoms with Crippen LogP contribution in [0.2, 0.25) is 5.82 Å². The van der Waals surface area contributed by atoms with Crippen molar-refractivity contribution in [3.05, 3.63) is 0 Å². The van der Waals surface area contributed by atoms with E-state index in [1.807, 2.05) is 13.8 Å². The second-order valence-corrected chi connectivity index (χ2v) is 2.14. The van der Waals surface area contributed by atoms with Crippen molar-refractivity contribution in [3.63, 3.8) is 0 Å². The zero-order valence-electron chi connectivity index (χ0n) is 4.01. The van der Waals surface area contributed by atoms with Crippen molar-refractivity contribution in [1.29, 1.82) is 0 Å². The Morgan fingerprint density at radius 2 is 1.83 bits per heavy atom. The summed E-state index contributed by atoms with van der Waals surface area (Å²) in [5.41, 5.74) is 0. The molecule has 0 unspecified atom stereocenters. The molecule has 0 aliphatic carbocycles. The van der Waals surface area contributed by atoms with Gasteiger partial charge < -0.3 is 17.2 Å². The van der Waals surface area contributed by atoms with Gasteiger partial charge in [0.2, 0.25) is 0 Å². The third-order valence-electron chi connectivity index (χ3n) is 0.570. The topological polar surface area (TPSA) is 17.1 Å². The molecule has 3 heteroatoms. The first-order valence-electron chi connectivity index (χ1n) is 1.98. The zero-order chi connectivity index (χ0) is 5.15. The van der Waals surface area contributed by atoms with Crippen LogP contribution < -0.4 is 0 Å². The highest BCUT2D eigenvalue weighted by molar-refractivity contribution is 8.08. The molecule has 6 heavy (non-hydrogen) atoms. The first-order valence-corrected chi connectivity index (χ1v) is 2.50. The molecule has 0 aliphatic rings. The summed E-state index contributed by atoms with van der Waals surface area (Å²) in [6.07, 6.45) is 0. The monoisotopic (exact) mass is 103 g/mol. The highest BCUT2D eigenvalue weighted by atomic mass is 32.1. The van der Waals surface area contributed by atoms with Crippen LogP contribution in [-0.2, 0) is 4.70 Å². The van der Waals surface area contributed by atoms with Gasteiger partial charge in [-0.3, -0.25) is 0 Å². The van der Waals surface area contributed by atoms with Gasteiger partial charge in [0.1, 0.15) is 5.86 Å². The summed E-state index contributed by atoms with van der Waals surface area (Å²) in [7, 11) is 0. The van der Waals surface area contributed by atoms with E-state index in [2.05, 4.69) is 12.5 Å². The van der Waals surface area contributed by atoms with E-state index in [0.29, 0.717) is 0 Å². The second-order valence-electron chi connectivity index (χ2n) is 1.63. The summed E-state index contributed by atoms with van der Waals surface area (Å²) in [6, 6.07) is 0. The van der Waals surface area contributed by atoms with Crippen molar-refractivity contribution in [3.8, 4) is 0 Å². The molecule has 36 valence electrons. The number of rotatable bonds is 1. The van der Waals surface area contributed by atoms with Crippen LogP contribution in [0.3, 0.4) is 0 Å². The number of hydrogen-bond acceptors (Lipinski definition) is 1. The van der Waals surface area contributed by atoms with Gasteiger partial charge in [-0.25, -0.2) is 0 Å². The Kier molecular flexibility index (Phi) is 2.48. The lowest BCUT2D eigenvalue weighted by Gasteiger charge is -2.02. The standard InChI is InChI=1S/C3H8BOS/c1-3(2)4(5)6/h3,6H,1-2H3/q-1. The molecule has 0 amide bonds. The fourth-order valence-electron chi connectivity index (χ4n) is 0. The minimum Gasteiger partial charge on any atom is -0.622 e. The van der Waals surface area contributed by atoms with Gasteiger partial charge in [0.05, 0.1) is 0 Å². The predicted octanol–water partition coefficient (Wildman–Crippen LogP) is 1.24. The van der Waals surface area contributed by atoms with Gasteiger partial charge >= 0.3 is 0 Å². The number of hydrogen-bond donors (Lipinski definition) is 1. The SMILES string of the molecule is CC(C)[B-](=O)S. The van der Waals surface area contributed by atoms with E-state index >= 15 is 0 Å². The Labute approximate surface area is 43.5 Å². The average Bonchev–Trinajstić information content (AvgIpc) is 1.36. The summed E-state index contributed by atoms with van der Waals surface area (Å²) >= 11 is 3.64. The van der Waals surface area contributed by atoms with Gasteiger partial charge in [-0.2, -0.15) is 0 Å². The van der Waals surface area contributed by atoms with Crippen molar-refractivity contribution in [2.75, 3.05) is 0 Å². The molecule has 0 saturated carbocycles. The Morgan fingerprint density at radius 1 is 1.67 bits per heavy atom. The van der Waals surface area contributed by atoms with Crippen molar-refractivity contribution in [2.24, 2.45) is 0 Å². The average molecular weight is 103 g/mol. The molecule has 0 bridgehead atoms. The Hall–Kier alpha value is 0.215. The van der Waals surface area contributed by atoms with Gasteiger partial charge in [0.15, 0.2) is 0 Å². The molecule has 0 heterocycles. The predicted molar refractivity (Wildman–Crippen MR) is 30.5 cm³/mol. The maximum Gasteiger partial charge on any atom is 0.140 e. The van der Waals surface area contributed by atoms with Crippen LogP contribution in [0, 0.1) is 0 Å². The third kappa shape index (κ3) is 2.45. The van der Waals surface area contributed by atoms with Crippen LogP contribution in [-0.4, -0.2) is 5.86 Å². The quantitative estimate of drug-likeness (QED) is 0.390. The summed E-state index contributed by atoms with van der Waals surface area (Å²) in [5.74, 6) is -0.543. The molecular weight excluding hydrogens is 94.9 g/mol. The Bertz CT molecular complexity index is 61.8. The van der Waals surface area contributed by atoms with Gasteiger partial charge in [-0.05, 0) is 0 Å². The fraction of sp³-hybridized carbons (Fsp3) is 1.00. The molecule has 0 radical (unpaired) electrons. The molecule has 0 aromatic rings. The van der Waals surface area contributed by atoms with Gasteiger partial charge in [-0.1, -0.05) is 13.8 Å². The molecular formula is C3H8BOS-. The van der Waals surface area contributed by atoms with Crippen molar-refractivity contribution >= 4 is 18.3 Å². The summed E-state index contributed by atoms with van der Waals surface area (Å²) < 4.78 is 10.1. The van der Waals surface area contributed by atoms with Gasteiger partial charge in [-0.15, -0.1) is 5.82 Å². The summed E-state index contributed by atoms with van der Waals surface area (Å²) in [5, 5.41) is 0. The van der Waals surface area contributed by atoms with Crippen molar-refractivity contribution < 1.29 is 4.70 Å². The van der Waals surface area contributed by atoms with E-state index in [-0.39, 0.29) is 5.82 Å².